The van der Waals surface area contributed by atoms with Crippen LogP contribution in [-0.2, 0) is 42.5 Å². The summed E-state index contributed by atoms with van der Waals surface area (Å²) in [5.41, 5.74) is 9.31. The molecule has 53 heavy (non-hydrogen) atoms. The summed E-state index contributed by atoms with van der Waals surface area (Å²) in [6.45, 7) is 17.7. The number of ether oxygens (including phenoxy) is 2. The van der Waals surface area contributed by atoms with Crippen LogP contribution in [0.3, 0.4) is 0 Å². The van der Waals surface area contributed by atoms with E-state index in [2.05, 4.69) is 140 Å². The van der Waals surface area contributed by atoms with Crippen LogP contribution in [-0.4, -0.2) is 26.5 Å². The van der Waals surface area contributed by atoms with E-state index in [0.29, 0.717) is 47.4 Å². The largest absolute Gasteiger partial charge is 0.501 e. The first-order valence-corrected chi connectivity index (χ1v) is 18.3. The van der Waals surface area contributed by atoms with Crippen LogP contribution in [0.25, 0.3) is 45.4 Å². The van der Waals surface area contributed by atoms with E-state index in [-0.39, 0.29) is 20.1 Å². The Bertz CT molecular complexity index is 2130. The molecule has 0 atom stereocenters. The van der Waals surface area contributed by atoms with E-state index in [1.807, 2.05) is 24.4 Å². The topological polar surface area (TPSA) is 70.0 Å². The molecule has 0 N–H and O–H groups in total. The number of nitrogens with zero attached hydrogens (tertiary/aromatic N) is 4. The first-order valence-electron chi connectivity index (χ1n) is 18.3. The maximum Gasteiger partial charge on any atom is 0.165 e. The minimum absolute atomic E-state index is 0. The molecule has 0 bridgehead atoms. The van der Waals surface area contributed by atoms with E-state index in [0.717, 1.165) is 39.8 Å². The number of pyridine rings is 1. The van der Waals surface area contributed by atoms with Crippen molar-refractivity contribution < 1.29 is 29.6 Å². The van der Waals surface area contributed by atoms with Crippen LogP contribution in [0, 0.1) is 6.07 Å². The Labute approximate surface area is 327 Å². The van der Waals surface area contributed by atoms with E-state index in [1.165, 1.54) is 16.7 Å². The number of hydrogen-bond donors (Lipinski definition) is 0. The normalized spacial score (nSPS) is 14.2. The van der Waals surface area contributed by atoms with Crippen LogP contribution in [0.15, 0.2) is 103 Å². The van der Waals surface area contributed by atoms with Crippen LogP contribution < -0.4 is 4.74 Å². The van der Waals surface area contributed by atoms with Crippen molar-refractivity contribution in [1.82, 2.24) is 19.9 Å². The standard InChI is InChI=1S/C46H47N4O2.Ir/c1-29(2)32-14-18-34(19-15-32)42-48-43(35-20-16-33(17-21-35)30(3)4)50-44(49-42)37-27-40(51-25-24-31-12-10-9-11-13-31)41(47-28-37)36-22-23-38-39(26-36)46(7,8)52-45(38,5)6;/h9-21,23,26-30H,24-25H2,1-8H3;/q-1;. The van der Waals surface area contributed by atoms with Crippen LogP contribution in [0.2, 0.25) is 0 Å². The van der Waals surface area contributed by atoms with Crippen molar-refractivity contribution in [3.8, 4) is 51.2 Å². The van der Waals surface area contributed by atoms with Crippen molar-refractivity contribution in [2.45, 2.75) is 84.8 Å². The minimum atomic E-state index is -0.449. The van der Waals surface area contributed by atoms with Gasteiger partial charge in [-0.25, -0.2) is 15.0 Å². The third-order valence-electron chi connectivity index (χ3n) is 9.92. The third kappa shape index (κ3) is 8.18. The Kier molecular flexibility index (Phi) is 11.1. The van der Waals surface area contributed by atoms with Gasteiger partial charge in [0, 0.05) is 55.1 Å². The smallest absolute Gasteiger partial charge is 0.165 e. The molecule has 0 unspecified atom stereocenters. The molecule has 273 valence electrons. The average Bonchev–Trinajstić information content (AvgIpc) is 3.33. The second kappa shape index (κ2) is 15.4. The van der Waals surface area contributed by atoms with Gasteiger partial charge in [-0.15, -0.1) is 23.8 Å². The van der Waals surface area contributed by atoms with Crippen molar-refractivity contribution >= 4 is 0 Å². The van der Waals surface area contributed by atoms with Crippen molar-refractivity contribution in [2.24, 2.45) is 0 Å². The molecule has 7 rings (SSSR count). The van der Waals surface area contributed by atoms with E-state index >= 15 is 0 Å². The minimum Gasteiger partial charge on any atom is -0.501 e. The molecule has 2 aromatic heterocycles. The molecule has 4 aromatic carbocycles. The van der Waals surface area contributed by atoms with Gasteiger partial charge >= 0.3 is 0 Å². The van der Waals surface area contributed by atoms with Crippen LogP contribution in [0.1, 0.15) is 95.0 Å². The van der Waals surface area contributed by atoms with Crippen LogP contribution >= 0.6 is 0 Å². The summed E-state index contributed by atoms with van der Waals surface area (Å²) in [6, 6.07) is 37.0. The van der Waals surface area contributed by atoms with Gasteiger partial charge in [0.2, 0.25) is 0 Å². The van der Waals surface area contributed by atoms with Gasteiger partial charge in [-0.05, 0) is 62.3 Å². The van der Waals surface area contributed by atoms with Gasteiger partial charge in [-0.3, -0.25) is 0 Å². The number of benzene rings is 4. The molecule has 0 fully saturated rings. The predicted molar refractivity (Wildman–Crippen MR) is 209 cm³/mol. The van der Waals surface area contributed by atoms with E-state index in [9.17, 15) is 0 Å². The van der Waals surface area contributed by atoms with Crippen molar-refractivity contribution in [3.63, 3.8) is 0 Å². The number of rotatable bonds is 10. The van der Waals surface area contributed by atoms with Gasteiger partial charge in [-0.2, -0.15) is 0 Å². The fourth-order valence-electron chi connectivity index (χ4n) is 6.97. The SMILES string of the molecule is CC(C)c1ccc(-c2nc(-c3ccc(C(C)C)cc3)nc(-c3cnc(-c4[c-]cc5c(c4)C(C)(C)OC5(C)C)c(OCCc4ccccc4)c3)n2)cc1.[Ir]. The first kappa shape index (κ1) is 38.2. The molecular weight excluding hydrogens is 833 g/mol. The molecule has 1 aliphatic rings. The third-order valence-corrected chi connectivity index (χ3v) is 9.92. The zero-order valence-electron chi connectivity index (χ0n) is 31.8. The zero-order chi connectivity index (χ0) is 36.6. The maximum atomic E-state index is 6.59. The molecule has 1 radical (unpaired) electrons. The zero-order valence-corrected chi connectivity index (χ0v) is 34.2. The molecule has 6 nitrogen and oxygen atoms in total. The predicted octanol–water partition coefficient (Wildman–Crippen LogP) is 11.1. The van der Waals surface area contributed by atoms with Gasteiger partial charge in [0.15, 0.2) is 17.5 Å². The maximum absolute atomic E-state index is 6.59. The fraction of sp³-hybridized carbons (Fsp3) is 0.304. The summed E-state index contributed by atoms with van der Waals surface area (Å²) in [4.78, 5) is 20.1. The van der Waals surface area contributed by atoms with Crippen LogP contribution in [0.4, 0.5) is 0 Å². The summed E-state index contributed by atoms with van der Waals surface area (Å²) in [6.07, 6.45) is 2.59. The van der Waals surface area contributed by atoms with Gasteiger partial charge in [0.05, 0.1) is 17.8 Å². The van der Waals surface area contributed by atoms with Gasteiger partial charge in [0.1, 0.15) is 5.75 Å². The first-order chi connectivity index (χ1) is 24.9. The number of hydrogen-bond acceptors (Lipinski definition) is 6. The Morgan fingerprint density at radius 3 is 1.74 bits per heavy atom. The Balaban J connectivity index is 0.00000481. The summed E-state index contributed by atoms with van der Waals surface area (Å²) in [7, 11) is 0. The molecule has 6 aromatic rings. The average molecular weight is 880 g/mol. The van der Waals surface area contributed by atoms with E-state index in [1.54, 1.807) is 0 Å². The molecule has 7 heteroatoms. The molecule has 0 spiro atoms. The summed E-state index contributed by atoms with van der Waals surface area (Å²) >= 11 is 0. The molecule has 0 amide bonds. The molecule has 3 heterocycles. The van der Waals surface area contributed by atoms with E-state index in [4.69, 9.17) is 29.4 Å². The van der Waals surface area contributed by atoms with Gasteiger partial charge < -0.3 is 14.5 Å². The Morgan fingerprint density at radius 2 is 1.19 bits per heavy atom. The molecule has 1 aliphatic heterocycles. The molecule has 0 saturated carbocycles. The summed E-state index contributed by atoms with van der Waals surface area (Å²) in [5, 5.41) is 0. The van der Waals surface area contributed by atoms with Crippen molar-refractivity contribution in [2.75, 3.05) is 6.61 Å². The fourth-order valence-corrected chi connectivity index (χ4v) is 6.97. The van der Waals surface area contributed by atoms with Crippen LogP contribution in [0.5, 0.6) is 5.75 Å². The quantitative estimate of drug-likeness (QED) is 0.128. The van der Waals surface area contributed by atoms with Crippen molar-refractivity contribution in [3.05, 3.63) is 137 Å². The second-order valence-corrected chi connectivity index (χ2v) is 15.3. The Morgan fingerprint density at radius 1 is 0.660 bits per heavy atom. The summed E-state index contributed by atoms with van der Waals surface area (Å²) < 4.78 is 13.0. The monoisotopic (exact) mass is 880 g/mol. The molecule has 0 saturated heterocycles. The molecule has 0 aliphatic carbocycles. The Hall–Kier alpha value is -4.55. The van der Waals surface area contributed by atoms with Gasteiger partial charge in [-0.1, -0.05) is 118 Å². The summed E-state index contributed by atoms with van der Waals surface area (Å²) in [5.74, 6) is 3.24. The molecular formula is C46H47IrN4O2-. The van der Waals surface area contributed by atoms with Crippen molar-refractivity contribution in [1.29, 1.82) is 0 Å². The second-order valence-electron chi connectivity index (χ2n) is 15.3. The number of fused-ring (bicyclic) bond motifs is 1. The van der Waals surface area contributed by atoms with E-state index < -0.39 is 11.2 Å². The van der Waals surface area contributed by atoms with Gasteiger partial charge in [0.25, 0.3) is 0 Å². The number of aromatic nitrogens is 4.